The van der Waals surface area contributed by atoms with Crippen molar-refractivity contribution < 1.29 is 0 Å². The summed E-state index contributed by atoms with van der Waals surface area (Å²) in [6, 6.07) is 13.8. The number of aromatic amines is 2. The molecule has 0 amide bonds. The van der Waals surface area contributed by atoms with Crippen molar-refractivity contribution in [2.24, 2.45) is 0 Å². The Morgan fingerprint density at radius 1 is 0.895 bits per heavy atom. The third-order valence-corrected chi connectivity index (χ3v) is 3.61. The van der Waals surface area contributed by atoms with Crippen LogP contribution in [0.5, 0.6) is 0 Å². The molecule has 2 N–H and O–H groups in total. The molecule has 0 unspecified atom stereocenters. The lowest BCUT2D eigenvalue weighted by Gasteiger charge is -2.00. The molecule has 92 valence electrons. The van der Waals surface area contributed by atoms with Crippen molar-refractivity contribution in [2.75, 3.05) is 0 Å². The Balaban J connectivity index is 2.34. The van der Waals surface area contributed by atoms with Gasteiger partial charge in [-0.3, -0.25) is 4.79 Å². The maximum atomic E-state index is 12.7. The molecule has 0 saturated heterocycles. The summed E-state index contributed by atoms with van der Waals surface area (Å²) < 4.78 is 0. The van der Waals surface area contributed by atoms with Crippen molar-refractivity contribution in [2.45, 2.75) is 6.92 Å². The van der Waals surface area contributed by atoms with E-state index in [1.54, 1.807) is 0 Å². The molecule has 2 aromatic carbocycles. The summed E-state index contributed by atoms with van der Waals surface area (Å²) in [6.07, 6.45) is 0. The normalized spacial score (nSPS) is 11.6. The molecular formula is C16H12N2O. The lowest BCUT2D eigenvalue weighted by atomic mass is 10.1. The highest BCUT2D eigenvalue weighted by Crippen LogP contribution is 2.23. The zero-order chi connectivity index (χ0) is 13.0. The molecule has 0 spiro atoms. The predicted octanol–water partition coefficient (Wildman–Crippen LogP) is 3.47. The fraction of sp³-hybridized carbons (Fsp3) is 0.0625. The second-order valence-electron chi connectivity index (χ2n) is 4.92. The molecule has 2 aromatic heterocycles. The number of para-hydroxylation sites is 1. The van der Waals surface area contributed by atoms with Gasteiger partial charge < -0.3 is 9.97 Å². The van der Waals surface area contributed by atoms with E-state index in [9.17, 15) is 4.79 Å². The van der Waals surface area contributed by atoms with Crippen LogP contribution in [0.1, 0.15) is 5.56 Å². The number of nitrogens with one attached hydrogen (secondary N) is 2. The minimum atomic E-state index is 0.0879. The molecule has 19 heavy (non-hydrogen) atoms. The number of fused-ring (bicyclic) bond motifs is 4. The summed E-state index contributed by atoms with van der Waals surface area (Å²) >= 11 is 0. The molecule has 0 aliphatic rings. The van der Waals surface area contributed by atoms with Crippen LogP contribution in [0.25, 0.3) is 32.8 Å². The van der Waals surface area contributed by atoms with E-state index in [2.05, 4.69) is 9.97 Å². The van der Waals surface area contributed by atoms with Crippen LogP contribution >= 0.6 is 0 Å². The van der Waals surface area contributed by atoms with Gasteiger partial charge in [0.15, 0.2) is 5.43 Å². The predicted molar refractivity (Wildman–Crippen MR) is 78.7 cm³/mol. The van der Waals surface area contributed by atoms with Crippen LogP contribution in [0, 0.1) is 6.92 Å². The quantitative estimate of drug-likeness (QED) is 0.492. The molecule has 4 rings (SSSR count). The molecule has 3 heteroatoms. The van der Waals surface area contributed by atoms with E-state index in [4.69, 9.17) is 0 Å². The van der Waals surface area contributed by atoms with Crippen LogP contribution in [0.4, 0.5) is 0 Å². The highest BCUT2D eigenvalue weighted by molar-refractivity contribution is 6.09. The van der Waals surface area contributed by atoms with Crippen LogP contribution in [-0.4, -0.2) is 9.97 Å². The van der Waals surface area contributed by atoms with E-state index >= 15 is 0 Å². The summed E-state index contributed by atoms with van der Waals surface area (Å²) in [4.78, 5) is 19.3. The number of rotatable bonds is 0. The fourth-order valence-corrected chi connectivity index (χ4v) is 2.70. The van der Waals surface area contributed by atoms with Crippen LogP contribution in [-0.2, 0) is 0 Å². The maximum absolute atomic E-state index is 12.7. The van der Waals surface area contributed by atoms with Gasteiger partial charge in [-0.15, -0.1) is 0 Å². The average molecular weight is 248 g/mol. The summed E-state index contributed by atoms with van der Waals surface area (Å²) in [5.74, 6) is 0. The van der Waals surface area contributed by atoms with Gasteiger partial charge in [0.2, 0.25) is 0 Å². The Morgan fingerprint density at radius 2 is 1.63 bits per heavy atom. The Kier molecular flexibility index (Phi) is 1.90. The minimum Gasteiger partial charge on any atom is -0.341 e. The van der Waals surface area contributed by atoms with Gasteiger partial charge in [0.05, 0.1) is 10.9 Å². The molecule has 3 nitrogen and oxygen atoms in total. The van der Waals surface area contributed by atoms with Crippen molar-refractivity contribution in [3.63, 3.8) is 0 Å². The van der Waals surface area contributed by atoms with E-state index in [-0.39, 0.29) is 5.43 Å². The molecule has 0 saturated carbocycles. The van der Waals surface area contributed by atoms with Crippen LogP contribution in [0.15, 0.2) is 47.3 Å². The summed E-state index contributed by atoms with van der Waals surface area (Å²) in [5.41, 5.74) is 3.83. The van der Waals surface area contributed by atoms with Crippen molar-refractivity contribution in [3.05, 3.63) is 58.3 Å². The fourth-order valence-electron chi connectivity index (χ4n) is 2.70. The number of hydrogen-bond acceptors (Lipinski definition) is 1. The molecule has 0 aliphatic carbocycles. The smallest absolute Gasteiger partial charge is 0.199 e. The Bertz CT molecular complexity index is 992. The van der Waals surface area contributed by atoms with E-state index in [1.165, 1.54) is 0 Å². The largest absolute Gasteiger partial charge is 0.341 e. The number of H-pyrrole nitrogens is 2. The second kappa shape index (κ2) is 3.48. The lowest BCUT2D eigenvalue weighted by Crippen LogP contribution is -2.03. The zero-order valence-electron chi connectivity index (χ0n) is 10.4. The number of benzene rings is 2. The monoisotopic (exact) mass is 248 g/mol. The second-order valence-corrected chi connectivity index (χ2v) is 4.92. The van der Waals surface area contributed by atoms with Crippen LogP contribution in [0.2, 0.25) is 0 Å². The Morgan fingerprint density at radius 3 is 2.47 bits per heavy atom. The highest BCUT2D eigenvalue weighted by atomic mass is 16.1. The maximum Gasteiger partial charge on any atom is 0.199 e. The third-order valence-electron chi connectivity index (χ3n) is 3.61. The van der Waals surface area contributed by atoms with E-state index in [1.807, 2.05) is 49.4 Å². The molecule has 0 aliphatic heterocycles. The molecule has 0 atom stereocenters. The minimum absolute atomic E-state index is 0.0879. The van der Waals surface area contributed by atoms with Crippen molar-refractivity contribution in [1.82, 2.24) is 9.97 Å². The SMILES string of the molecule is Cc1ccc2[nH]c3[nH]c4ccccc4c3c(=O)c2c1. The van der Waals surface area contributed by atoms with Crippen molar-refractivity contribution in [3.8, 4) is 0 Å². The first-order valence-corrected chi connectivity index (χ1v) is 6.27. The standard InChI is InChI=1S/C16H12N2O/c1-9-6-7-13-11(8-9)15(19)14-10-4-2-3-5-12(10)17-16(14)18-13/h2-8H,1H3,(H2,17,18,19). The number of pyridine rings is 1. The summed E-state index contributed by atoms with van der Waals surface area (Å²) in [5, 5.41) is 2.47. The van der Waals surface area contributed by atoms with E-state index in [0.29, 0.717) is 0 Å². The van der Waals surface area contributed by atoms with Crippen molar-refractivity contribution in [1.29, 1.82) is 0 Å². The Hall–Kier alpha value is -2.55. The van der Waals surface area contributed by atoms with Gasteiger partial charge in [0.25, 0.3) is 0 Å². The zero-order valence-corrected chi connectivity index (χ0v) is 10.4. The van der Waals surface area contributed by atoms with Gasteiger partial charge >= 0.3 is 0 Å². The summed E-state index contributed by atoms with van der Waals surface area (Å²) in [7, 11) is 0. The molecule has 2 heterocycles. The molecule has 0 radical (unpaired) electrons. The van der Waals surface area contributed by atoms with Gasteiger partial charge in [0, 0.05) is 16.3 Å². The van der Waals surface area contributed by atoms with Crippen LogP contribution < -0.4 is 5.43 Å². The molecule has 0 bridgehead atoms. The van der Waals surface area contributed by atoms with Crippen molar-refractivity contribution >= 4 is 32.8 Å². The molecule has 0 fully saturated rings. The van der Waals surface area contributed by atoms with E-state index < -0.39 is 0 Å². The third kappa shape index (κ3) is 1.35. The first-order chi connectivity index (χ1) is 9.24. The Labute approximate surface area is 108 Å². The topological polar surface area (TPSA) is 48.6 Å². The first kappa shape index (κ1) is 10.4. The van der Waals surface area contributed by atoms with Gasteiger partial charge in [-0.05, 0) is 25.1 Å². The number of hydrogen-bond donors (Lipinski definition) is 2. The summed E-state index contributed by atoms with van der Waals surface area (Å²) in [6.45, 7) is 2.00. The van der Waals surface area contributed by atoms with Gasteiger partial charge in [-0.2, -0.15) is 0 Å². The number of aryl methyl sites for hydroxylation is 1. The van der Waals surface area contributed by atoms with Crippen LogP contribution in [0.3, 0.4) is 0 Å². The van der Waals surface area contributed by atoms with E-state index in [0.717, 1.165) is 38.4 Å². The van der Waals surface area contributed by atoms with Gasteiger partial charge in [-0.25, -0.2) is 0 Å². The van der Waals surface area contributed by atoms with Gasteiger partial charge in [-0.1, -0.05) is 29.8 Å². The first-order valence-electron chi connectivity index (χ1n) is 6.27. The molecule has 4 aromatic rings. The number of aromatic nitrogens is 2. The lowest BCUT2D eigenvalue weighted by molar-refractivity contribution is 1.38. The van der Waals surface area contributed by atoms with Gasteiger partial charge in [0.1, 0.15) is 5.65 Å². The molecular weight excluding hydrogens is 236 g/mol. The highest BCUT2D eigenvalue weighted by Gasteiger charge is 2.10. The average Bonchev–Trinajstić information content (AvgIpc) is 2.78.